The van der Waals surface area contributed by atoms with Crippen molar-refractivity contribution in [3.8, 4) is 0 Å². The van der Waals surface area contributed by atoms with Gasteiger partial charge in [-0.25, -0.2) is 0 Å². The van der Waals surface area contributed by atoms with E-state index in [9.17, 15) is 28.8 Å². The Hall–Kier alpha value is -3.26. The van der Waals surface area contributed by atoms with Crippen LogP contribution in [0.15, 0.2) is 0 Å². The molecule has 1 amide bonds. The molecule has 2 atom stereocenters. The lowest BCUT2D eigenvalue weighted by Crippen LogP contribution is -2.56. The van der Waals surface area contributed by atoms with Gasteiger partial charge in [0.25, 0.3) is 0 Å². The summed E-state index contributed by atoms with van der Waals surface area (Å²) in [5.74, 6) is -3.88. The molecule has 0 radical (unpaired) electrons. The van der Waals surface area contributed by atoms with Gasteiger partial charge in [0.15, 0.2) is 0 Å². The second kappa shape index (κ2) is 18.3. The van der Waals surface area contributed by atoms with Crippen molar-refractivity contribution < 1.29 is 52.5 Å². The molecule has 0 saturated carbocycles. The van der Waals surface area contributed by atoms with E-state index < -0.39 is 95.5 Å². The van der Waals surface area contributed by atoms with E-state index >= 15 is 0 Å². The van der Waals surface area contributed by atoms with Crippen molar-refractivity contribution in [3.05, 3.63) is 0 Å². The van der Waals surface area contributed by atoms with Gasteiger partial charge in [-0.1, -0.05) is 0 Å². The summed E-state index contributed by atoms with van der Waals surface area (Å²) in [6.45, 7) is 26.6. The molecule has 0 saturated heterocycles. The predicted molar refractivity (Wildman–Crippen MR) is 188 cm³/mol. The Labute approximate surface area is 299 Å². The summed E-state index contributed by atoms with van der Waals surface area (Å²) in [5.41, 5.74) is -4.10. The summed E-state index contributed by atoms with van der Waals surface area (Å²) in [6, 6.07) is -1.83. The van der Waals surface area contributed by atoms with Crippen LogP contribution in [0.1, 0.15) is 118 Å². The molecule has 0 unspecified atom stereocenters. The molecule has 0 N–H and O–H groups in total. The van der Waals surface area contributed by atoms with E-state index in [0.717, 1.165) is 0 Å². The first-order valence-electron chi connectivity index (χ1n) is 17.0. The van der Waals surface area contributed by atoms with E-state index in [4.69, 9.17) is 23.7 Å². The molecule has 0 aliphatic carbocycles. The van der Waals surface area contributed by atoms with Gasteiger partial charge >= 0.3 is 29.8 Å². The van der Waals surface area contributed by atoms with Crippen LogP contribution in [0.5, 0.6) is 0 Å². The SMILES string of the molecule is C[C@@H](CN(CC(=O)OC(C)(C)C)C(=O)[C@H](C)N(CC(=O)OC(C)(C)C)CC(=O)OC(C)(C)C)N(CC(=O)OC(C)(C)C)CC(=O)OC(C)(C)C. The van der Waals surface area contributed by atoms with E-state index in [1.54, 1.807) is 111 Å². The molecular formula is C36H65N3O11. The number of carbonyl (C=O) groups is 6. The Morgan fingerprint density at radius 3 is 0.920 bits per heavy atom. The number of carbonyl (C=O) groups excluding carboxylic acids is 6. The molecule has 0 fully saturated rings. The lowest BCUT2D eigenvalue weighted by Gasteiger charge is -2.36. The van der Waals surface area contributed by atoms with Crippen molar-refractivity contribution in [2.75, 3.05) is 39.3 Å². The number of ether oxygens (including phenoxy) is 5. The quantitative estimate of drug-likeness (QED) is 0.178. The third kappa shape index (κ3) is 22.5. The van der Waals surface area contributed by atoms with Crippen LogP contribution in [0.4, 0.5) is 0 Å². The standard InChI is InChI=1S/C36H65N3O11/c1-24(37(19-26(40)46-32(3,4)5)20-27(41)47-33(6,7)8)18-39(23-30(44)50-36(15,16)17)31(45)25(2)38(21-28(42)48-34(9,10)11)22-29(43)49-35(12,13)14/h24-25H,18-23H2,1-17H3/t24-,25-/m0/s1. The normalized spacial score (nSPS) is 14.1. The summed E-state index contributed by atoms with van der Waals surface area (Å²) in [6.07, 6.45) is 0. The molecular weight excluding hydrogens is 650 g/mol. The zero-order valence-electron chi connectivity index (χ0n) is 33.7. The molecule has 0 aliphatic heterocycles. The molecule has 0 aromatic carbocycles. The molecule has 0 spiro atoms. The van der Waals surface area contributed by atoms with Crippen molar-refractivity contribution in [3.63, 3.8) is 0 Å². The monoisotopic (exact) mass is 715 g/mol. The van der Waals surface area contributed by atoms with E-state index in [1.165, 1.54) is 21.6 Å². The average Bonchev–Trinajstić information content (AvgIpc) is 2.80. The Balaban J connectivity index is 6.69. The molecule has 14 nitrogen and oxygen atoms in total. The van der Waals surface area contributed by atoms with Crippen molar-refractivity contribution in [1.82, 2.24) is 14.7 Å². The first-order chi connectivity index (χ1) is 22.2. The highest BCUT2D eigenvalue weighted by Gasteiger charge is 2.35. The van der Waals surface area contributed by atoms with Crippen LogP contribution in [0, 0.1) is 0 Å². The Morgan fingerprint density at radius 2 is 0.660 bits per heavy atom. The van der Waals surface area contributed by atoms with Gasteiger partial charge in [-0.05, 0) is 118 Å². The maximum absolute atomic E-state index is 14.3. The van der Waals surface area contributed by atoms with Gasteiger partial charge in [-0.3, -0.25) is 38.6 Å². The smallest absolute Gasteiger partial charge is 0.326 e. The van der Waals surface area contributed by atoms with Crippen molar-refractivity contribution in [1.29, 1.82) is 0 Å². The van der Waals surface area contributed by atoms with Crippen LogP contribution >= 0.6 is 0 Å². The number of amides is 1. The summed E-state index contributed by atoms with van der Waals surface area (Å²) in [7, 11) is 0. The molecule has 0 bridgehead atoms. The van der Waals surface area contributed by atoms with Gasteiger partial charge in [0.2, 0.25) is 5.91 Å². The van der Waals surface area contributed by atoms with Crippen LogP contribution in [0.25, 0.3) is 0 Å². The van der Waals surface area contributed by atoms with Crippen LogP contribution in [0.3, 0.4) is 0 Å². The Morgan fingerprint density at radius 1 is 0.420 bits per heavy atom. The maximum atomic E-state index is 14.3. The van der Waals surface area contributed by atoms with E-state index in [0.29, 0.717) is 0 Å². The molecule has 0 aromatic rings. The number of esters is 5. The molecule has 14 heteroatoms. The minimum Gasteiger partial charge on any atom is -0.459 e. The molecule has 290 valence electrons. The number of hydrogen-bond acceptors (Lipinski definition) is 13. The maximum Gasteiger partial charge on any atom is 0.326 e. The zero-order chi connectivity index (χ0) is 39.6. The molecule has 50 heavy (non-hydrogen) atoms. The minimum atomic E-state index is -1.13. The predicted octanol–water partition coefficient (Wildman–Crippen LogP) is 3.90. The minimum absolute atomic E-state index is 0.152. The first kappa shape index (κ1) is 46.7. The highest BCUT2D eigenvalue weighted by atomic mass is 16.6. The average molecular weight is 716 g/mol. The molecule has 0 aliphatic rings. The van der Waals surface area contributed by atoms with Crippen LogP contribution in [0.2, 0.25) is 0 Å². The molecule has 0 aromatic heterocycles. The largest absolute Gasteiger partial charge is 0.459 e. The van der Waals surface area contributed by atoms with Gasteiger partial charge in [0.1, 0.15) is 34.6 Å². The van der Waals surface area contributed by atoms with Gasteiger partial charge in [-0.2, -0.15) is 0 Å². The summed E-state index contributed by atoms with van der Waals surface area (Å²) >= 11 is 0. The highest BCUT2D eigenvalue weighted by Crippen LogP contribution is 2.16. The topological polar surface area (TPSA) is 158 Å². The lowest BCUT2D eigenvalue weighted by atomic mass is 10.1. The fraction of sp³-hybridized carbons (Fsp3) is 0.833. The van der Waals surface area contributed by atoms with Crippen molar-refractivity contribution in [2.45, 2.75) is 158 Å². The number of nitrogens with zero attached hydrogens (tertiary/aromatic N) is 3. The van der Waals surface area contributed by atoms with Crippen LogP contribution < -0.4 is 0 Å². The van der Waals surface area contributed by atoms with Crippen molar-refractivity contribution in [2.24, 2.45) is 0 Å². The third-order valence-corrected chi connectivity index (χ3v) is 6.07. The van der Waals surface area contributed by atoms with Gasteiger partial charge in [-0.15, -0.1) is 0 Å². The summed E-state index contributed by atoms with van der Waals surface area (Å²) < 4.78 is 27.5. The lowest BCUT2D eigenvalue weighted by molar-refractivity contribution is -0.165. The summed E-state index contributed by atoms with van der Waals surface area (Å²) in [4.78, 5) is 83.1. The zero-order valence-corrected chi connectivity index (χ0v) is 33.7. The third-order valence-electron chi connectivity index (χ3n) is 6.07. The van der Waals surface area contributed by atoms with Gasteiger partial charge in [0, 0.05) is 12.6 Å². The second-order valence-electron chi connectivity index (χ2n) is 17.5. The van der Waals surface area contributed by atoms with Crippen LogP contribution in [-0.2, 0) is 52.5 Å². The van der Waals surface area contributed by atoms with Gasteiger partial charge in [0.05, 0.1) is 32.2 Å². The Kier molecular flexibility index (Phi) is 17.1. The van der Waals surface area contributed by atoms with Crippen LogP contribution in [-0.4, -0.2) is 130 Å². The second-order valence-corrected chi connectivity index (χ2v) is 17.5. The number of hydrogen-bond donors (Lipinski definition) is 0. The highest BCUT2D eigenvalue weighted by molar-refractivity contribution is 5.87. The summed E-state index contributed by atoms with van der Waals surface area (Å²) in [5, 5.41) is 0. The fourth-order valence-corrected chi connectivity index (χ4v) is 4.47. The van der Waals surface area contributed by atoms with Gasteiger partial charge < -0.3 is 28.6 Å². The van der Waals surface area contributed by atoms with E-state index in [2.05, 4.69) is 0 Å². The Bertz CT molecular complexity index is 1120. The van der Waals surface area contributed by atoms with Crippen molar-refractivity contribution >= 4 is 35.8 Å². The molecule has 0 rings (SSSR count). The number of rotatable bonds is 15. The van der Waals surface area contributed by atoms with E-state index in [1.807, 2.05) is 0 Å². The first-order valence-corrected chi connectivity index (χ1v) is 17.0. The van der Waals surface area contributed by atoms with E-state index in [-0.39, 0.29) is 19.6 Å². The molecule has 0 heterocycles. The fourth-order valence-electron chi connectivity index (χ4n) is 4.47.